The predicted octanol–water partition coefficient (Wildman–Crippen LogP) is 3.12. The van der Waals surface area contributed by atoms with Crippen LogP contribution in [0, 0.1) is 11.8 Å². The van der Waals surface area contributed by atoms with Crippen LogP contribution in [0.25, 0.3) is 0 Å². The lowest BCUT2D eigenvalue weighted by molar-refractivity contribution is -0.335. The molecule has 2 heterocycles. The number of unbranched alkanes of at least 4 members (excludes halogenated alkanes) is 1. The standard InChI is InChI=1S/C16H28O4/c1-3-5-7-14-9-19-16(20-10-14,8-6-4-2)15-11-17-13-18-12-15/h3,14-15H,1,4-13H2,2H3. The third-order valence-corrected chi connectivity index (χ3v) is 4.21. The molecule has 0 spiro atoms. The van der Waals surface area contributed by atoms with Crippen LogP contribution in [0.4, 0.5) is 0 Å². The molecule has 4 heteroatoms. The van der Waals surface area contributed by atoms with E-state index in [2.05, 4.69) is 13.5 Å². The van der Waals surface area contributed by atoms with Crippen LogP contribution in [0.15, 0.2) is 12.7 Å². The molecule has 2 aliphatic rings. The largest absolute Gasteiger partial charge is 0.355 e. The van der Waals surface area contributed by atoms with E-state index in [1.165, 1.54) is 0 Å². The summed E-state index contributed by atoms with van der Waals surface area (Å²) < 4.78 is 23.3. The highest BCUT2D eigenvalue weighted by Gasteiger charge is 2.45. The molecule has 0 aliphatic carbocycles. The quantitative estimate of drug-likeness (QED) is 0.673. The van der Waals surface area contributed by atoms with E-state index in [1.807, 2.05) is 6.08 Å². The molecule has 4 nitrogen and oxygen atoms in total. The van der Waals surface area contributed by atoms with Gasteiger partial charge in [0.05, 0.1) is 32.3 Å². The van der Waals surface area contributed by atoms with Crippen molar-refractivity contribution < 1.29 is 18.9 Å². The molecule has 0 aromatic rings. The van der Waals surface area contributed by atoms with Crippen LogP contribution in [0.5, 0.6) is 0 Å². The molecule has 0 unspecified atom stereocenters. The molecule has 0 amide bonds. The molecule has 2 saturated heterocycles. The summed E-state index contributed by atoms with van der Waals surface area (Å²) in [6, 6.07) is 0. The maximum Gasteiger partial charge on any atom is 0.175 e. The second-order valence-electron chi connectivity index (χ2n) is 5.83. The van der Waals surface area contributed by atoms with Crippen molar-refractivity contribution in [2.75, 3.05) is 33.2 Å². The molecule has 0 bridgehead atoms. The van der Waals surface area contributed by atoms with Crippen molar-refractivity contribution in [3.63, 3.8) is 0 Å². The molecule has 0 N–H and O–H groups in total. The minimum atomic E-state index is -0.499. The van der Waals surface area contributed by atoms with Gasteiger partial charge in [-0.3, -0.25) is 0 Å². The third kappa shape index (κ3) is 4.04. The monoisotopic (exact) mass is 284 g/mol. The maximum atomic E-state index is 6.20. The SMILES string of the molecule is C=CCCC1COC(CCCC)(C2COCOC2)OC1. The summed E-state index contributed by atoms with van der Waals surface area (Å²) in [6.45, 7) is 9.24. The van der Waals surface area contributed by atoms with Crippen molar-refractivity contribution in [2.24, 2.45) is 11.8 Å². The average Bonchev–Trinajstić information content (AvgIpc) is 2.53. The van der Waals surface area contributed by atoms with E-state index in [4.69, 9.17) is 18.9 Å². The van der Waals surface area contributed by atoms with Gasteiger partial charge in [-0.15, -0.1) is 6.58 Å². The topological polar surface area (TPSA) is 36.9 Å². The summed E-state index contributed by atoms with van der Waals surface area (Å²) >= 11 is 0. The van der Waals surface area contributed by atoms with Crippen molar-refractivity contribution >= 4 is 0 Å². The zero-order valence-corrected chi connectivity index (χ0v) is 12.6. The Hall–Kier alpha value is -0.420. The van der Waals surface area contributed by atoms with Crippen molar-refractivity contribution in [2.45, 2.75) is 44.8 Å². The second kappa shape index (κ2) is 8.13. The lowest BCUT2D eigenvalue weighted by atomic mass is 9.92. The lowest BCUT2D eigenvalue weighted by Gasteiger charge is -2.46. The number of hydrogen-bond acceptors (Lipinski definition) is 4. The molecule has 116 valence electrons. The van der Waals surface area contributed by atoms with Crippen molar-refractivity contribution in [1.29, 1.82) is 0 Å². The molecular weight excluding hydrogens is 256 g/mol. The van der Waals surface area contributed by atoms with Gasteiger partial charge in [0.2, 0.25) is 0 Å². The Balaban J connectivity index is 1.92. The average molecular weight is 284 g/mol. The first-order chi connectivity index (χ1) is 9.80. The Kier molecular flexibility index (Phi) is 6.49. The second-order valence-corrected chi connectivity index (χ2v) is 5.83. The first-order valence-electron chi connectivity index (χ1n) is 7.85. The van der Waals surface area contributed by atoms with Gasteiger partial charge in [0.15, 0.2) is 5.79 Å². The van der Waals surface area contributed by atoms with E-state index < -0.39 is 5.79 Å². The van der Waals surface area contributed by atoms with E-state index in [9.17, 15) is 0 Å². The van der Waals surface area contributed by atoms with E-state index in [1.54, 1.807) is 0 Å². The smallest absolute Gasteiger partial charge is 0.175 e. The van der Waals surface area contributed by atoms with Crippen LogP contribution in [0.3, 0.4) is 0 Å². The van der Waals surface area contributed by atoms with Crippen molar-refractivity contribution in [3.05, 3.63) is 12.7 Å². The highest BCUT2D eigenvalue weighted by molar-refractivity contribution is 4.85. The number of ether oxygens (including phenoxy) is 4. The molecule has 0 atom stereocenters. The van der Waals surface area contributed by atoms with Gasteiger partial charge in [0.25, 0.3) is 0 Å². The van der Waals surface area contributed by atoms with Crippen LogP contribution < -0.4 is 0 Å². The summed E-state index contributed by atoms with van der Waals surface area (Å²) in [6.07, 6.45) is 7.24. The summed E-state index contributed by atoms with van der Waals surface area (Å²) in [5, 5.41) is 0. The van der Waals surface area contributed by atoms with Crippen LogP contribution in [-0.4, -0.2) is 39.0 Å². The highest BCUT2D eigenvalue weighted by atomic mass is 16.7. The van der Waals surface area contributed by atoms with Gasteiger partial charge >= 0.3 is 0 Å². The number of allylic oxidation sites excluding steroid dienone is 1. The first-order valence-corrected chi connectivity index (χ1v) is 7.85. The van der Waals surface area contributed by atoms with E-state index in [0.717, 1.165) is 45.3 Å². The first kappa shape index (κ1) is 16.0. The van der Waals surface area contributed by atoms with Gasteiger partial charge in [0.1, 0.15) is 6.79 Å². The van der Waals surface area contributed by atoms with Crippen molar-refractivity contribution in [3.8, 4) is 0 Å². The molecule has 0 radical (unpaired) electrons. The zero-order chi connectivity index (χ0) is 14.3. The fourth-order valence-corrected chi connectivity index (χ4v) is 2.88. The number of rotatable bonds is 7. The van der Waals surface area contributed by atoms with Gasteiger partial charge in [-0.1, -0.05) is 19.4 Å². The van der Waals surface area contributed by atoms with Gasteiger partial charge in [-0.05, 0) is 19.3 Å². The summed E-state index contributed by atoms with van der Waals surface area (Å²) in [5.41, 5.74) is 0. The Morgan fingerprint density at radius 2 is 1.85 bits per heavy atom. The molecule has 2 rings (SSSR count). The van der Waals surface area contributed by atoms with Gasteiger partial charge in [0, 0.05) is 12.3 Å². The van der Waals surface area contributed by atoms with Crippen LogP contribution in [0.1, 0.15) is 39.0 Å². The minimum Gasteiger partial charge on any atom is -0.355 e. The van der Waals surface area contributed by atoms with Crippen molar-refractivity contribution in [1.82, 2.24) is 0 Å². The molecule has 2 aliphatic heterocycles. The Morgan fingerprint density at radius 3 is 2.45 bits per heavy atom. The van der Waals surface area contributed by atoms with Crippen LogP contribution in [-0.2, 0) is 18.9 Å². The van der Waals surface area contributed by atoms with E-state index in [-0.39, 0.29) is 5.92 Å². The van der Waals surface area contributed by atoms with E-state index in [0.29, 0.717) is 25.9 Å². The maximum absolute atomic E-state index is 6.20. The highest BCUT2D eigenvalue weighted by Crippen LogP contribution is 2.36. The molecule has 0 aromatic carbocycles. The molecule has 20 heavy (non-hydrogen) atoms. The summed E-state index contributed by atoms with van der Waals surface area (Å²) in [7, 11) is 0. The van der Waals surface area contributed by atoms with Crippen LogP contribution in [0.2, 0.25) is 0 Å². The Bertz CT molecular complexity index is 278. The summed E-state index contributed by atoms with van der Waals surface area (Å²) in [5.74, 6) is 0.164. The Labute approximate surface area is 122 Å². The molecule has 2 fully saturated rings. The summed E-state index contributed by atoms with van der Waals surface area (Å²) in [4.78, 5) is 0. The zero-order valence-electron chi connectivity index (χ0n) is 12.6. The number of hydrogen-bond donors (Lipinski definition) is 0. The van der Waals surface area contributed by atoms with Crippen LogP contribution >= 0.6 is 0 Å². The fourth-order valence-electron chi connectivity index (χ4n) is 2.88. The molecular formula is C16H28O4. The van der Waals surface area contributed by atoms with Gasteiger partial charge in [-0.2, -0.15) is 0 Å². The minimum absolute atomic E-state index is 0.183. The lowest BCUT2D eigenvalue weighted by Crippen LogP contribution is -2.53. The third-order valence-electron chi connectivity index (χ3n) is 4.21. The normalized spacial score (nSPS) is 32.1. The fraction of sp³-hybridized carbons (Fsp3) is 0.875. The Morgan fingerprint density at radius 1 is 1.15 bits per heavy atom. The molecule has 0 aromatic heterocycles. The molecule has 0 saturated carbocycles. The van der Waals surface area contributed by atoms with Gasteiger partial charge in [-0.25, -0.2) is 0 Å². The predicted molar refractivity (Wildman–Crippen MR) is 77.3 cm³/mol. The van der Waals surface area contributed by atoms with Gasteiger partial charge < -0.3 is 18.9 Å². The van der Waals surface area contributed by atoms with E-state index >= 15 is 0 Å².